The number of aliphatic imine (C=N–C) groups is 1. The molecule has 0 aromatic heterocycles. The summed E-state index contributed by atoms with van der Waals surface area (Å²) in [6, 6.07) is 5.75. The van der Waals surface area contributed by atoms with Crippen LogP contribution in [0.15, 0.2) is 23.2 Å². The minimum atomic E-state index is -0.483. The van der Waals surface area contributed by atoms with Gasteiger partial charge in [-0.25, -0.2) is 4.79 Å². The number of methoxy groups -OCH3 is 1. The van der Waals surface area contributed by atoms with Crippen LogP contribution in [0.2, 0.25) is 0 Å². The molecular weight excluding hydrogens is 384 g/mol. The first kappa shape index (κ1) is 22.1. The molecule has 2 bridgehead atoms. The van der Waals surface area contributed by atoms with Crippen molar-refractivity contribution >= 4 is 12.1 Å². The lowest BCUT2D eigenvalue weighted by Crippen LogP contribution is -2.54. The zero-order valence-corrected chi connectivity index (χ0v) is 18.6. The largest absolute Gasteiger partial charge is 0.508 e. The zero-order chi connectivity index (χ0) is 21.9. The van der Waals surface area contributed by atoms with E-state index in [1.807, 2.05) is 25.7 Å². The van der Waals surface area contributed by atoms with Gasteiger partial charge in [0.1, 0.15) is 17.1 Å². The van der Waals surface area contributed by atoms with Crippen LogP contribution in [-0.4, -0.2) is 59.9 Å². The van der Waals surface area contributed by atoms with Crippen molar-refractivity contribution in [2.24, 2.45) is 4.99 Å². The van der Waals surface area contributed by atoms with E-state index in [9.17, 15) is 9.90 Å². The molecule has 166 valence electrons. The first-order chi connectivity index (χ1) is 14.2. The van der Waals surface area contributed by atoms with Crippen molar-refractivity contribution in [1.82, 2.24) is 15.5 Å². The molecule has 2 aliphatic rings. The van der Waals surface area contributed by atoms with Crippen LogP contribution in [0.3, 0.4) is 0 Å². The Bertz CT molecular complexity index is 776. The number of rotatable bonds is 4. The van der Waals surface area contributed by atoms with E-state index in [0.717, 1.165) is 31.2 Å². The number of phenols is 1. The lowest BCUT2D eigenvalue weighted by atomic mass is 9.98. The Labute approximate surface area is 178 Å². The number of piperidine rings is 1. The van der Waals surface area contributed by atoms with Crippen LogP contribution >= 0.6 is 0 Å². The van der Waals surface area contributed by atoms with Crippen molar-refractivity contribution in [2.45, 2.75) is 76.7 Å². The van der Waals surface area contributed by atoms with Crippen LogP contribution in [0.25, 0.3) is 0 Å². The van der Waals surface area contributed by atoms with Gasteiger partial charge in [0.15, 0.2) is 5.96 Å². The second-order valence-electron chi connectivity index (χ2n) is 9.01. The molecule has 3 N–H and O–H groups in total. The summed E-state index contributed by atoms with van der Waals surface area (Å²) >= 11 is 0. The number of ether oxygens (including phenoxy) is 2. The number of hydrogen-bond acceptors (Lipinski definition) is 5. The fraction of sp³-hybridized carbons (Fsp3) is 0.636. The van der Waals surface area contributed by atoms with Gasteiger partial charge in [0.05, 0.1) is 7.11 Å². The molecule has 0 aliphatic carbocycles. The smallest absolute Gasteiger partial charge is 0.410 e. The van der Waals surface area contributed by atoms with Gasteiger partial charge in [-0.15, -0.1) is 0 Å². The first-order valence-electron chi connectivity index (χ1n) is 10.5. The minimum Gasteiger partial charge on any atom is -0.508 e. The molecule has 0 spiro atoms. The minimum absolute atomic E-state index is 0.191. The molecule has 1 aromatic rings. The lowest BCUT2D eigenvalue weighted by molar-refractivity contribution is 0.00545. The van der Waals surface area contributed by atoms with Gasteiger partial charge in [-0.3, -0.25) is 4.99 Å². The standard InChI is InChI=1S/C22H34N4O4/c1-22(2,3)30-21(28)26-16-6-7-17(26)12-15(11-16)25-20(23-4)24-13-14-10-18(29-5)8-9-19(14)27/h8-10,15-17,27H,6-7,11-13H2,1-5H3,(H2,23,24,25). The fourth-order valence-electron chi connectivity index (χ4n) is 4.30. The highest BCUT2D eigenvalue weighted by atomic mass is 16.6. The van der Waals surface area contributed by atoms with E-state index in [1.54, 1.807) is 32.4 Å². The fourth-order valence-corrected chi connectivity index (χ4v) is 4.30. The number of carbonyl (C=O) groups excluding carboxylic acids is 1. The number of fused-ring (bicyclic) bond motifs is 2. The van der Waals surface area contributed by atoms with Gasteiger partial charge in [-0.05, 0) is 64.7 Å². The van der Waals surface area contributed by atoms with Gasteiger partial charge in [0, 0.05) is 37.3 Å². The number of phenolic OH excluding ortho intramolecular Hbond substituents is 1. The van der Waals surface area contributed by atoms with Gasteiger partial charge >= 0.3 is 6.09 Å². The van der Waals surface area contributed by atoms with E-state index in [0.29, 0.717) is 18.3 Å². The second kappa shape index (κ2) is 9.02. The highest BCUT2D eigenvalue weighted by Crippen LogP contribution is 2.36. The highest BCUT2D eigenvalue weighted by molar-refractivity contribution is 5.80. The van der Waals surface area contributed by atoms with Crippen LogP contribution < -0.4 is 15.4 Å². The number of nitrogens with zero attached hydrogens (tertiary/aromatic N) is 2. The Morgan fingerprint density at radius 1 is 1.27 bits per heavy atom. The average Bonchev–Trinajstić information content (AvgIpc) is 2.96. The molecule has 2 saturated heterocycles. The first-order valence-corrected chi connectivity index (χ1v) is 10.5. The molecule has 8 nitrogen and oxygen atoms in total. The molecule has 1 amide bonds. The second-order valence-corrected chi connectivity index (χ2v) is 9.01. The maximum Gasteiger partial charge on any atom is 0.410 e. The topological polar surface area (TPSA) is 95.4 Å². The number of amides is 1. The van der Waals surface area contributed by atoms with Gasteiger partial charge in [-0.2, -0.15) is 0 Å². The Morgan fingerprint density at radius 2 is 1.93 bits per heavy atom. The number of guanidine groups is 1. The van der Waals surface area contributed by atoms with E-state index >= 15 is 0 Å². The number of hydrogen-bond donors (Lipinski definition) is 3. The van der Waals surface area contributed by atoms with E-state index in [1.165, 1.54) is 0 Å². The summed E-state index contributed by atoms with van der Waals surface area (Å²) in [5, 5.41) is 16.8. The SMILES string of the molecule is CN=C(NCc1cc(OC)ccc1O)NC1CC2CCC(C1)N2C(=O)OC(C)(C)C. The lowest BCUT2D eigenvalue weighted by Gasteiger charge is -2.40. The third-order valence-electron chi connectivity index (χ3n) is 5.63. The molecule has 2 heterocycles. The molecule has 3 rings (SSSR count). The van der Waals surface area contributed by atoms with Crippen molar-refractivity contribution in [3.05, 3.63) is 23.8 Å². The molecule has 1 aromatic carbocycles. The van der Waals surface area contributed by atoms with Crippen molar-refractivity contribution < 1.29 is 19.4 Å². The van der Waals surface area contributed by atoms with Crippen LogP contribution in [0.5, 0.6) is 11.5 Å². The summed E-state index contributed by atoms with van der Waals surface area (Å²) in [4.78, 5) is 18.9. The summed E-state index contributed by atoms with van der Waals surface area (Å²) in [7, 11) is 3.33. The Hall–Kier alpha value is -2.64. The average molecular weight is 419 g/mol. The predicted octanol–water partition coefficient (Wildman–Crippen LogP) is 3.00. The van der Waals surface area contributed by atoms with Gasteiger partial charge in [-0.1, -0.05) is 0 Å². The number of benzene rings is 1. The monoisotopic (exact) mass is 418 g/mol. The van der Waals surface area contributed by atoms with Crippen LogP contribution in [0.1, 0.15) is 52.0 Å². The molecule has 2 aliphatic heterocycles. The Balaban J connectivity index is 1.56. The number of carbonyl (C=O) groups is 1. The molecule has 2 fully saturated rings. The van der Waals surface area contributed by atoms with Crippen LogP contribution in [0, 0.1) is 0 Å². The third kappa shape index (κ3) is 5.29. The Kier molecular flexibility index (Phi) is 6.63. The van der Waals surface area contributed by atoms with Crippen LogP contribution in [-0.2, 0) is 11.3 Å². The molecule has 8 heteroatoms. The zero-order valence-electron chi connectivity index (χ0n) is 18.6. The quantitative estimate of drug-likeness (QED) is 0.514. The molecule has 2 unspecified atom stereocenters. The maximum atomic E-state index is 12.6. The predicted molar refractivity (Wildman–Crippen MR) is 116 cm³/mol. The summed E-state index contributed by atoms with van der Waals surface area (Å²) < 4.78 is 10.8. The molecule has 30 heavy (non-hydrogen) atoms. The Morgan fingerprint density at radius 3 is 2.50 bits per heavy atom. The van der Waals surface area contributed by atoms with E-state index in [-0.39, 0.29) is 30.0 Å². The highest BCUT2D eigenvalue weighted by Gasteiger charge is 2.45. The number of nitrogens with one attached hydrogen (secondary N) is 2. The van der Waals surface area contributed by atoms with E-state index < -0.39 is 5.60 Å². The molecule has 0 radical (unpaired) electrons. The van der Waals surface area contributed by atoms with Gasteiger partial charge in [0.2, 0.25) is 0 Å². The van der Waals surface area contributed by atoms with Gasteiger partial charge in [0.25, 0.3) is 0 Å². The van der Waals surface area contributed by atoms with Crippen molar-refractivity contribution in [3.8, 4) is 11.5 Å². The molecule has 2 atom stereocenters. The maximum absolute atomic E-state index is 12.6. The summed E-state index contributed by atoms with van der Waals surface area (Å²) in [5.74, 6) is 1.58. The number of aromatic hydroxyl groups is 1. The third-order valence-corrected chi connectivity index (χ3v) is 5.63. The normalized spacial score (nSPS) is 23.8. The van der Waals surface area contributed by atoms with E-state index in [2.05, 4.69) is 15.6 Å². The summed E-state index contributed by atoms with van der Waals surface area (Å²) in [6.07, 6.45) is 3.53. The molecular formula is C22H34N4O4. The van der Waals surface area contributed by atoms with Crippen LogP contribution in [0.4, 0.5) is 4.79 Å². The van der Waals surface area contributed by atoms with Crippen molar-refractivity contribution in [2.75, 3.05) is 14.2 Å². The molecule has 0 saturated carbocycles. The van der Waals surface area contributed by atoms with E-state index in [4.69, 9.17) is 9.47 Å². The van der Waals surface area contributed by atoms with Crippen molar-refractivity contribution in [1.29, 1.82) is 0 Å². The summed E-state index contributed by atoms with van der Waals surface area (Å²) in [6.45, 7) is 6.12. The van der Waals surface area contributed by atoms with Gasteiger partial charge < -0.3 is 30.1 Å². The van der Waals surface area contributed by atoms with Crippen molar-refractivity contribution in [3.63, 3.8) is 0 Å². The summed E-state index contributed by atoms with van der Waals surface area (Å²) in [5.41, 5.74) is 0.251.